The third kappa shape index (κ3) is 18.1. The molecule has 1 rings (SSSR count). The molecule has 0 heterocycles. The minimum absolute atomic E-state index is 0.333. The predicted molar refractivity (Wildman–Crippen MR) is 158 cm³/mol. The van der Waals surface area contributed by atoms with E-state index in [4.69, 9.17) is 4.55 Å². The molecule has 37 heavy (non-hydrogen) atoms. The van der Waals surface area contributed by atoms with Crippen molar-refractivity contribution in [2.24, 2.45) is 0 Å². The number of rotatable bonds is 22. The smallest absolute Gasteiger partial charge is 0.267 e. The minimum Gasteiger partial charge on any atom is -0.386 e. The molecule has 0 aliphatic heterocycles. The van der Waals surface area contributed by atoms with Crippen LogP contribution >= 0.6 is 0 Å². The zero-order chi connectivity index (χ0) is 27.7. The van der Waals surface area contributed by atoms with E-state index in [-0.39, 0.29) is 0 Å². The van der Waals surface area contributed by atoms with E-state index in [1.807, 2.05) is 14.1 Å². The van der Waals surface area contributed by atoms with E-state index in [0.29, 0.717) is 16.9 Å². The number of hydrogen-bond acceptors (Lipinski definition) is 3. The van der Waals surface area contributed by atoms with Gasteiger partial charge in [0.15, 0.2) is 0 Å². The summed E-state index contributed by atoms with van der Waals surface area (Å²) < 4.78 is 31.4. The van der Waals surface area contributed by atoms with Crippen LogP contribution in [0.3, 0.4) is 0 Å². The van der Waals surface area contributed by atoms with Gasteiger partial charge >= 0.3 is 0 Å². The molecule has 2 unspecified atom stereocenters. The van der Waals surface area contributed by atoms with E-state index in [0.717, 1.165) is 13.0 Å². The Morgan fingerprint density at radius 2 is 1.22 bits per heavy atom. The summed E-state index contributed by atoms with van der Waals surface area (Å²) in [7, 11) is -0.122. The van der Waals surface area contributed by atoms with Gasteiger partial charge in [-0.15, -0.1) is 0 Å². The van der Waals surface area contributed by atoms with Gasteiger partial charge in [-0.2, -0.15) is 8.42 Å². The molecule has 0 amide bonds. The van der Waals surface area contributed by atoms with E-state index < -0.39 is 22.0 Å². The van der Waals surface area contributed by atoms with Crippen molar-refractivity contribution in [2.75, 3.05) is 32.9 Å². The summed E-state index contributed by atoms with van der Waals surface area (Å²) >= 11 is 0. The number of aliphatic hydroxyl groups is 1. The van der Waals surface area contributed by atoms with Crippen LogP contribution in [0.15, 0.2) is 18.2 Å². The van der Waals surface area contributed by atoms with Gasteiger partial charge in [0.05, 0.1) is 20.6 Å². The maximum absolute atomic E-state index is 11.0. The quantitative estimate of drug-likeness (QED) is 0.0903. The molecule has 1 aromatic rings. The highest BCUT2D eigenvalue weighted by atomic mass is 32.2. The van der Waals surface area contributed by atoms with Crippen LogP contribution in [0.1, 0.15) is 126 Å². The molecule has 0 fully saturated rings. The summed E-state index contributed by atoms with van der Waals surface area (Å²) in [6.07, 6.45) is 18.4. The SMILES string of the molecule is CCCCCCCCC(CCCCCCCCC[N+](C)(C)CC(O)CS(=O)(=O)O)c1cc(C)cc(C)c1. The third-order valence-electron chi connectivity index (χ3n) is 7.55. The Hall–Kier alpha value is -0.950. The minimum atomic E-state index is -4.13. The van der Waals surface area contributed by atoms with Crippen molar-refractivity contribution in [3.05, 3.63) is 34.9 Å². The first-order valence-electron chi connectivity index (χ1n) is 15.0. The average Bonchev–Trinajstić information content (AvgIpc) is 2.76. The van der Waals surface area contributed by atoms with E-state index in [1.54, 1.807) is 5.56 Å². The first-order chi connectivity index (χ1) is 17.4. The fourth-order valence-corrected chi connectivity index (χ4v) is 6.26. The summed E-state index contributed by atoms with van der Waals surface area (Å²) in [4.78, 5) is 0. The first kappa shape index (κ1) is 34.1. The number of aryl methyl sites for hydroxylation is 2. The summed E-state index contributed by atoms with van der Waals surface area (Å²) in [5.74, 6) is 0.110. The Balaban J connectivity index is 2.29. The Kier molecular flexibility index (Phi) is 16.9. The van der Waals surface area contributed by atoms with Crippen LogP contribution in [-0.4, -0.2) is 61.6 Å². The summed E-state index contributed by atoms with van der Waals surface area (Å²) in [5.41, 5.74) is 4.32. The molecular formula is C31H58NO4S+. The second-order valence-electron chi connectivity index (χ2n) is 12.2. The van der Waals surface area contributed by atoms with Crippen molar-refractivity contribution in [2.45, 2.75) is 129 Å². The molecule has 2 atom stereocenters. The van der Waals surface area contributed by atoms with Crippen molar-refractivity contribution in [3.8, 4) is 0 Å². The molecule has 5 nitrogen and oxygen atoms in total. The number of likely N-dealkylation sites (N-methyl/N-ethyl adjacent to an activating group) is 1. The Morgan fingerprint density at radius 1 is 0.757 bits per heavy atom. The lowest BCUT2D eigenvalue weighted by Gasteiger charge is -2.31. The second-order valence-corrected chi connectivity index (χ2v) is 13.7. The van der Waals surface area contributed by atoms with Gasteiger partial charge in [0.2, 0.25) is 0 Å². The zero-order valence-corrected chi connectivity index (χ0v) is 25.5. The van der Waals surface area contributed by atoms with Crippen LogP contribution in [0.4, 0.5) is 0 Å². The maximum atomic E-state index is 11.0. The number of quaternary nitrogens is 1. The number of hydrogen-bond donors (Lipinski definition) is 2. The van der Waals surface area contributed by atoms with Crippen molar-refractivity contribution in [1.29, 1.82) is 0 Å². The second kappa shape index (κ2) is 18.4. The fraction of sp³-hybridized carbons (Fsp3) is 0.806. The fourth-order valence-electron chi connectivity index (χ4n) is 5.67. The summed E-state index contributed by atoms with van der Waals surface area (Å²) in [6.45, 7) is 7.96. The zero-order valence-electron chi connectivity index (χ0n) is 24.7. The van der Waals surface area contributed by atoms with Gasteiger partial charge in [0.1, 0.15) is 18.4 Å². The van der Waals surface area contributed by atoms with E-state index in [1.165, 1.54) is 101 Å². The lowest BCUT2D eigenvalue weighted by Crippen LogP contribution is -2.47. The molecule has 2 N–H and O–H groups in total. The van der Waals surface area contributed by atoms with Gasteiger partial charge in [-0.1, -0.05) is 107 Å². The van der Waals surface area contributed by atoms with Gasteiger partial charge < -0.3 is 9.59 Å². The van der Waals surface area contributed by atoms with E-state index >= 15 is 0 Å². The average molecular weight is 541 g/mol. The van der Waals surface area contributed by atoms with Crippen molar-refractivity contribution in [3.63, 3.8) is 0 Å². The van der Waals surface area contributed by atoms with Crippen LogP contribution in [0.25, 0.3) is 0 Å². The Morgan fingerprint density at radius 3 is 1.70 bits per heavy atom. The molecule has 0 saturated carbocycles. The lowest BCUT2D eigenvalue weighted by atomic mass is 9.86. The largest absolute Gasteiger partial charge is 0.386 e. The van der Waals surface area contributed by atoms with Gasteiger partial charge in [-0.05, 0) is 51.0 Å². The van der Waals surface area contributed by atoms with Crippen molar-refractivity contribution < 1.29 is 22.6 Å². The molecule has 0 aliphatic rings. The van der Waals surface area contributed by atoms with Crippen molar-refractivity contribution in [1.82, 2.24) is 0 Å². The molecule has 0 spiro atoms. The van der Waals surface area contributed by atoms with E-state index in [2.05, 4.69) is 39.0 Å². The topological polar surface area (TPSA) is 74.6 Å². The Bertz CT molecular complexity index is 817. The molecule has 216 valence electrons. The lowest BCUT2D eigenvalue weighted by molar-refractivity contribution is -0.893. The number of aliphatic hydroxyl groups excluding tert-OH is 1. The summed E-state index contributed by atoms with van der Waals surface area (Å²) in [5, 5.41) is 9.92. The standard InChI is InChI=1S/C31H57NO4S/c1-6-7-8-9-13-16-19-29(30-23-27(2)22-28(3)24-30)20-17-14-11-10-12-15-18-21-32(4,5)25-31(33)26-37(34,35)36/h22-24,29,31,33H,6-21,25-26H2,1-5H3/p+1. The van der Waals surface area contributed by atoms with E-state index in [9.17, 15) is 13.5 Å². The van der Waals surface area contributed by atoms with Crippen molar-refractivity contribution >= 4 is 10.1 Å². The monoisotopic (exact) mass is 540 g/mol. The highest BCUT2D eigenvalue weighted by Crippen LogP contribution is 2.30. The molecule has 0 saturated heterocycles. The van der Waals surface area contributed by atoms with Gasteiger partial charge in [0.25, 0.3) is 10.1 Å². The van der Waals surface area contributed by atoms with Crippen LogP contribution in [0.2, 0.25) is 0 Å². The maximum Gasteiger partial charge on any atom is 0.267 e. The summed E-state index contributed by atoms with van der Waals surface area (Å²) in [6, 6.07) is 7.11. The number of nitrogens with zero attached hydrogens (tertiary/aromatic N) is 1. The van der Waals surface area contributed by atoms with Gasteiger partial charge in [-0.3, -0.25) is 4.55 Å². The highest BCUT2D eigenvalue weighted by molar-refractivity contribution is 7.85. The number of benzene rings is 1. The van der Waals surface area contributed by atoms with Gasteiger partial charge in [-0.25, -0.2) is 0 Å². The van der Waals surface area contributed by atoms with Crippen LogP contribution in [0.5, 0.6) is 0 Å². The number of unbranched alkanes of at least 4 members (excludes halogenated alkanes) is 11. The predicted octanol–water partition coefficient (Wildman–Crippen LogP) is 7.58. The molecular weight excluding hydrogens is 482 g/mol. The highest BCUT2D eigenvalue weighted by Gasteiger charge is 2.23. The normalized spacial score (nSPS) is 14.1. The first-order valence-corrected chi connectivity index (χ1v) is 16.6. The molecule has 0 radical (unpaired) electrons. The molecule has 6 heteroatoms. The van der Waals surface area contributed by atoms with Crippen LogP contribution < -0.4 is 0 Å². The van der Waals surface area contributed by atoms with Crippen LogP contribution in [-0.2, 0) is 10.1 Å². The molecule has 0 aliphatic carbocycles. The van der Waals surface area contributed by atoms with Crippen LogP contribution in [0, 0.1) is 13.8 Å². The Labute approximate surface area is 229 Å². The molecule has 1 aromatic carbocycles. The third-order valence-corrected chi connectivity index (χ3v) is 8.35. The molecule has 0 aromatic heterocycles. The van der Waals surface area contributed by atoms with Gasteiger partial charge in [0, 0.05) is 0 Å². The molecule has 0 bridgehead atoms.